The first-order chi connectivity index (χ1) is 8.13. The third-order valence-electron chi connectivity index (χ3n) is 3.36. The van der Waals surface area contributed by atoms with Crippen LogP contribution >= 0.6 is 0 Å². The monoisotopic (exact) mass is 233 g/mol. The Morgan fingerprint density at radius 2 is 2.24 bits per heavy atom. The zero-order chi connectivity index (χ0) is 12.3. The SMILES string of the molecule is CN1CCC(Cc2cccc(CC(=O)O)c2)C1. The number of hydrogen-bond donors (Lipinski definition) is 1. The van der Waals surface area contributed by atoms with E-state index in [0.29, 0.717) is 0 Å². The van der Waals surface area contributed by atoms with Crippen LogP contribution in [0, 0.1) is 5.92 Å². The van der Waals surface area contributed by atoms with Crippen molar-refractivity contribution in [1.82, 2.24) is 4.90 Å². The van der Waals surface area contributed by atoms with Crippen LogP contribution in [0.15, 0.2) is 24.3 Å². The lowest BCUT2D eigenvalue weighted by Gasteiger charge is -2.11. The number of nitrogens with zero attached hydrogens (tertiary/aromatic N) is 1. The van der Waals surface area contributed by atoms with Gasteiger partial charge >= 0.3 is 5.97 Å². The molecular weight excluding hydrogens is 214 g/mol. The van der Waals surface area contributed by atoms with E-state index in [2.05, 4.69) is 18.0 Å². The molecule has 1 aliphatic heterocycles. The van der Waals surface area contributed by atoms with Crippen molar-refractivity contribution in [3.63, 3.8) is 0 Å². The van der Waals surface area contributed by atoms with Gasteiger partial charge in [0.2, 0.25) is 0 Å². The maximum Gasteiger partial charge on any atom is 0.307 e. The zero-order valence-electron chi connectivity index (χ0n) is 10.2. The van der Waals surface area contributed by atoms with Crippen molar-refractivity contribution >= 4 is 5.97 Å². The van der Waals surface area contributed by atoms with Gasteiger partial charge in [0.05, 0.1) is 6.42 Å². The lowest BCUT2D eigenvalue weighted by atomic mass is 9.97. The summed E-state index contributed by atoms with van der Waals surface area (Å²) in [5.74, 6) is -0.0390. The lowest BCUT2D eigenvalue weighted by molar-refractivity contribution is -0.136. The van der Waals surface area contributed by atoms with Crippen molar-refractivity contribution in [3.05, 3.63) is 35.4 Å². The van der Waals surface area contributed by atoms with Crippen LogP contribution in [0.25, 0.3) is 0 Å². The standard InChI is InChI=1S/C14H19NO2/c1-15-6-5-13(10-15)8-11-3-2-4-12(7-11)9-14(16)17/h2-4,7,13H,5-6,8-10H2,1H3,(H,16,17). The minimum atomic E-state index is -0.761. The molecule has 0 spiro atoms. The van der Waals surface area contributed by atoms with E-state index < -0.39 is 5.97 Å². The van der Waals surface area contributed by atoms with Crippen LogP contribution in [0.5, 0.6) is 0 Å². The third-order valence-corrected chi connectivity index (χ3v) is 3.36. The normalized spacial score (nSPS) is 20.6. The maximum atomic E-state index is 10.7. The van der Waals surface area contributed by atoms with Gasteiger partial charge in [0.15, 0.2) is 0 Å². The van der Waals surface area contributed by atoms with Gasteiger partial charge < -0.3 is 10.0 Å². The number of aliphatic carboxylic acids is 1. The topological polar surface area (TPSA) is 40.5 Å². The molecule has 0 aromatic heterocycles. The minimum absolute atomic E-state index is 0.123. The van der Waals surface area contributed by atoms with E-state index in [1.54, 1.807) is 0 Å². The Kier molecular flexibility index (Phi) is 3.79. The lowest BCUT2D eigenvalue weighted by Crippen LogP contribution is -2.15. The molecule has 1 saturated heterocycles. The average Bonchev–Trinajstić information content (AvgIpc) is 2.63. The molecule has 1 atom stereocenters. The fourth-order valence-corrected chi connectivity index (χ4v) is 2.57. The van der Waals surface area contributed by atoms with Gasteiger partial charge in [0, 0.05) is 6.54 Å². The second kappa shape index (κ2) is 5.32. The first-order valence-electron chi connectivity index (χ1n) is 6.11. The van der Waals surface area contributed by atoms with E-state index in [0.717, 1.165) is 24.4 Å². The van der Waals surface area contributed by atoms with Crippen LogP contribution in [-0.4, -0.2) is 36.1 Å². The number of likely N-dealkylation sites (tertiary alicyclic amines) is 1. The van der Waals surface area contributed by atoms with Gasteiger partial charge in [-0.2, -0.15) is 0 Å². The molecule has 1 aromatic rings. The Balaban J connectivity index is 1.98. The molecule has 1 aliphatic rings. The first-order valence-corrected chi connectivity index (χ1v) is 6.11. The molecular formula is C14H19NO2. The van der Waals surface area contributed by atoms with Gasteiger partial charge in [-0.3, -0.25) is 4.79 Å². The van der Waals surface area contributed by atoms with Crippen molar-refractivity contribution in [2.45, 2.75) is 19.3 Å². The molecule has 2 rings (SSSR count). The van der Waals surface area contributed by atoms with E-state index in [4.69, 9.17) is 5.11 Å². The highest BCUT2D eigenvalue weighted by Crippen LogP contribution is 2.20. The van der Waals surface area contributed by atoms with Crippen molar-refractivity contribution < 1.29 is 9.90 Å². The van der Waals surface area contributed by atoms with Crippen LogP contribution < -0.4 is 0 Å². The second-order valence-electron chi connectivity index (χ2n) is 5.01. The summed E-state index contributed by atoms with van der Waals surface area (Å²) in [7, 11) is 2.15. The summed E-state index contributed by atoms with van der Waals surface area (Å²) in [6.45, 7) is 2.34. The molecule has 1 N–H and O–H groups in total. The van der Waals surface area contributed by atoms with Gasteiger partial charge in [-0.15, -0.1) is 0 Å². The van der Waals surface area contributed by atoms with Crippen LogP contribution in [0.2, 0.25) is 0 Å². The summed E-state index contributed by atoms with van der Waals surface area (Å²) < 4.78 is 0. The van der Waals surface area contributed by atoms with Crippen LogP contribution in [0.3, 0.4) is 0 Å². The average molecular weight is 233 g/mol. The number of carbonyl (C=O) groups is 1. The first kappa shape index (κ1) is 12.1. The summed E-state index contributed by atoms with van der Waals surface area (Å²) in [4.78, 5) is 13.0. The molecule has 1 aromatic carbocycles. The second-order valence-corrected chi connectivity index (χ2v) is 5.01. The van der Waals surface area contributed by atoms with E-state index in [1.165, 1.54) is 18.5 Å². The van der Waals surface area contributed by atoms with Crippen LogP contribution in [0.4, 0.5) is 0 Å². The van der Waals surface area contributed by atoms with E-state index >= 15 is 0 Å². The highest BCUT2D eigenvalue weighted by atomic mass is 16.4. The molecule has 0 aliphatic carbocycles. The van der Waals surface area contributed by atoms with Gasteiger partial charge in [0.25, 0.3) is 0 Å². The van der Waals surface area contributed by atoms with Crippen molar-refractivity contribution in [3.8, 4) is 0 Å². The van der Waals surface area contributed by atoms with E-state index in [-0.39, 0.29) is 6.42 Å². The molecule has 1 fully saturated rings. The molecule has 0 saturated carbocycles. The van der Waals surface area contributed by atoms with E-state index in [1.807, 2.05) is 18.2 Å². The minimum Gasteiger partial charge on any atom is -0.481 e. The molecule has 92 valence electrons. The number of hydrogen-bond acceptors (Lipinski definition) is 2. The Hall–Kier alpha value is -1.35. The number of rotatable bonds is 4. The van der Waals surface area contributed by atoms with E-state index in [9.17, 15) is 4.79 Å². The zero-order valence-corrected chi connectivity index (χ0v) is 10.2. The Morgan fingerprint density at radius 1 is 1.47 bits per heavy atom. The number of carboxylic acids is 1. The summed E-state index contributed by atoms with van der Waals surface area (Å²) in [6.07, 6.45) is 2.44. The molecule has 0 radical (unpaired) electrons. The van der Waals surface area contributed by atoms with Crippen LogP contribution in [-0.2, 0) is 17.6 Å². The molecule has 1 heterocycles. The third kappa shape index (κ3) is 3.56. The van der Waals surface area contributed by atoms with Crippen molar-refractivity contribution in [2.24, 2.45) is 5.92 Å². The Labute approximate surface area is 102 Å². The Morgan fingerprint density at radius 3 is 2.88 bits per heavy atom. The molecule has 3 heteroatoms. The summed E-state index contributed by atoms with van der Waals surface area (Å²) in [6, 6.07) is 7.99. The maximum absolute atomic E-state index is 10.7. The highest BCUT2D eigenvalue weighted by Gasteiger charge is 2.19. The fourth-order valence-electron chi connectivity index (χ4n) is 2.57. The number of benzene rings is 1. The molecule has 1 unspecified atom stereocenters. The molecule has 3 nitrogen and oxygen atoms in total. The van der Waals surface area contributed by atoms with Crippen molar-refractivity contribution in [2.75, 3.05) is 20.1 Å². The molecule has 0 bridgehead atoms. The predicted octanol–water partition coefficient (Wildman–Crippen LogP) is 1.81. The van der Waals surface area contributed by atoms with Crippen LogP contribution in [0.1, 0.15) is 17.5 Å². The van der Waals surface area contributed by atoms with Crippen molar-refractivity contribution in [1.29, 1.82) is 0 Å². The quantitative estimate of drug-likeness (QED) is 0.862. The van der Waals surface area contributed by atoms with Gasteiger partial charge in [-0.05, 0) is 43.5 Å². The number of carboxylic acid groups (broad SMARTS) is 1. The van der Waals surface area contributed by atoms with Gasteiger partial charge in [-0.25, -0.2) is 0 Å². The summed E-state index contributed by atoms with van der Waals surface area (Å²) in [5.41, 5.74) is 2.17. The summed E-state index contributed by atoms with van der Waals surface area (Å²) >= 11 is 0. The Bertz CT molecular complexity index is 403. The summed E-state index contributed by atoms with van der Waals surface area (Å²) in [5, 5.41) is 8.77. The molecule has 17 heavy (non-hydrogen) atoms. The largest absolute Gasteiger partial charge is 0.481 e. The van der Waals surface area contributed by atoms with Gasteiger partial charge in [0.1, 0.15) is 0 Å². The predicted molar refractivity (Wildman–Crippen MR) is 67.1 cm³/mol. The molecule has 0 amide bonds. The van der Waals surface area contributed by atoms with Gasteiger partial charge in [-0.1, -0.05) is 24.3 Å². The fraction of sp³-hybridized carbons (Fsp3) is 0.500. The highest BCUT2D eigenvalue weighted by molar-refractivity contribution is 5.70. The smallest absolute Gasteiger partial charge is 0.307 e.